The van der Waals surface area contributed by atoms with Crippen LogP contribution >= 0.6 is 0 Å². The first-order valence-electron chi connectivity index (χ1n) is 22.7. The molecule has 29 heteroatoms. The van der Waals surface area contributed by atoms with E-state index in [-0.39, 0.29) is 70.1 Å². The number of urea groups is 1. The average molecular weight is 1030 g/mol. The number of nitrogens with one attached hydrogen (secondary N) is 8. The molecule has 5 unspecified atom stereocenters. The fourth-order valence-electron chi connectivity index (χ4n) is 6.34. The number of unbranched alkanes of at least 4 members (excludes halogenated alkanes) is 3. The van der Waals surface area contributed by atoms with Crippen molar-refractivity contribution in [3.05, 3.63) is 29.8 Å². The van der Waals surface area contributed by atoms with Gasteiger partial charge in [-0.2, -0.15) is 4.39 Å². The third kappa shape index (κ3) is 28.5. The molecule has 1 rings (SSSR count). The quantitative estimate of drug-likeness (QED) is 0.0274. The Bertz CT molecular complexity index is 2060. The Morgan fingerprint density at radius 3 is 1.38 bits per heavy atom. The predicted molar refractivity (Wildman–Crippen MR) is 242 cm³/mol. The second-order valence-electron chi connectivity index (χ2n) is 16.0. The molecular formula is C43H62FN9O19. The summed E-state index contributed by atoms with van der Waals surface area (Å²) in [6.45, 7) is 0.120. The highest BCUT2D eigenvalue weighted by atomic mass is 19.1. The molecule has 0 aliphatic rings. The molecule has 0 saturated carbocycles. The summed E-state index contributed by atoms with van der Waals surface area (Å²) in [5.41, 5.74) is 0.141. The molecule has 0 aliphatic carbocycles. The largest absolute Gasteiger partial charge is 0.481 e. The maximum Gasteiger partial charge on any atom is 0.326 e. The Labute approximate surface area is 410 Å². The summed E-state index contributed by atoms with van der Waals surface area (Å²) in [6, 6.07) is -6.64. The highest BCUT2D eigenvalue weighted by Crippen LogP contribution is 2.09. The molecule has 0 bridgehead atoms. The van der Waals surface area contributed by atoms with E-state index in [1.807, 2.05) is 5.32 Å². The lowest BCUT2D eigenvalue weighted by Crippen LogP contribution is -2.57. The van der Waals surface area contributed by atoms with Crippen LogP contribution in [0.15, 0.2) is 18.3 Å². The molecule has 28 nitrogen and oxygen atoms in total. The maximum absolute atomic E-state index is 13.5. The lowest BCUT2D eigenvalue weighted by molar-refractivity contribution is -0.141. The van der Waals surface area contributed by atoms with Crippen molar-refractivity contribution in [2.75, 3.05) is 19.6 Å². The van der Waals surface area contributed by atoms with Crippen LogP contribution in [0, 0.1) is 5.95 Å². The first-order valence-corrected chi connectivity index (χ1v) is 22.7. The number of carbonyl (C=O) groups is 13. The molecule has 0 spiro atoms. The minimum absolute atomic E-state index is 0.0387. The van der Waals surface area contributed by atoms with Crippen LogP contribution in [0.4, 0.5) is 9.18 Å². The number of hydrogen-bond acceptors (Lipinski definition) is 14. The van der Waals surface area contributed by atoms with Crippen molar-refractivity contribution in [3.63, 3.8) is 0 Å². The summed E-state index contributed by atoms with van der Waals surface area (Å²) in [7, 11) is 0. The number of nitrogens with zero attached hydrogens (tertiary/aromatic N) is 1. The van der Waals surface area contributed by atoms with E-state index >= 15 is 0 Å². The van der Waals surface area contributed by atoms with Crippen molar-refractivity contribution in [1.29, 1.82) is 0 Å². The number of carbonyl (C=O) groups excluding carboxylic acids is 7. The van der Waals surface area contributed by atoms with Crippen molar-refractivity contribution >= 4 is 77.3 Å². The normalized spacial score (nSPS) is 12.7. The molecular weight excluding hydrogens is 966 g/mol. The summed E-state index contributed by atoms with van der Waals surface area (Å²) in [5, 5.41) is 74.0. The molecule has 1 heterocycles. The van der Waals surface area contributed by atoms with Crippen molar-refractivity contribution < 1.29 is 97.4 Å². The van der Waals surface area contributed by atoms with Crippen molar-refractivity contribution in [1.82, 2.24) is 47.5 Å². The van der Waals surface area contributed by atoms with E-state index in [1.54, 1.807) is 0 Å². The van der Waals surface area contributed by atoms with Gasteiger partial charge in [0.1, 0.15) is 30.2 Å². The molecule has 5 atom stereocenters. The van der Waals surface area contributed by atoms with E-state index in [2.05, 4.69) is 42.2 Å². The van der Waals surface area contributed by atoms with E-state index < -0.39 is 165 Å². The fourth-order valence-corrected chi connectivity index (χ4v) is 6.34. The Kier molecular flexibility index (Phi) is 29.6. The molecule has 400 valence electrons. The second kappa shape index (κ2) is 34.3. The van der Waals surface area contributed by atoms with Crippen LogP contribution in [0.5, 0.6) is 0 Å². The molecule has 1 aromatic rings. The highest BCUT2D eigenvalue weighted by Gasteiger charge is 2.31. The molecule has 0 radical (unpaired) electrons. The van der Waals surface area contributed by atoms with Gasteiger partial charge in [-0.3, -0.25) is 47.9 Å². The van der Waals surface area contributed by atoms with Crippen LogP contribution in [0.3, 0.4) is 0 Å². The van der Waals surface area contributed by atoms with Crippen LogP contribution in [0.25, 0.3) is 0 Å². The van der Waals surface area contributed by atoms with Crippen molar-refractivity contribution in [3.8, 4) is 0 Å². The van der Waals surface area contributed by atoms with E-state index in [0.717, 1.165) is 12.3 Å². The van der Waals surface area contributed by atoms with Gasteiger partial charge in [0.15, 0.2) is 0 Å². The van der Waals surface area contributed by atoms with Gasteiger partial charge >= 0.3 is 41.8 Å². The first-order chi connectivity index (χ1) is 34.0. The number of carboxylic acids is 6. The first kappa shape index (κ1) is 62.0. The summed E-state index contributed by atoms with van der Waals surface area (Å²) < 4.78 is 13.0. The average Bonchev–Trinajstić information content (AvgIpc) is 3.30. The topological polar surface area (TPSA) is 452 Å². The Morgan fingerprint density at radius 2 is 0.875 bits per heavy atom. The monoisotopic (exact) mass is 1030 g/mol. The lowest BCUT2D eigenvalue weighted by atomic mass is 10.1. The third-order valence-electron chi connectivity index (χ3n) is 10.2. The van der Waals surface area contributed by atoms with E-state index in [1.165, 1.54) is 6.07 Å². The van der Waals surface area contributed by atoms with Gasteiger partial charge < -0.3 is 73.2 Å². The molecule has 0 aliphatic heterocycles. The van der Waals surface area contributed by atoms with Crippen LogP contribution < -0.4 is 42.5 Å². The number of aliphatic carboxylic acids is 6. The van der Waals surface area contributed by atoms with E-state index in [9.17, 15) is 92.3 Å². The smallest absolute Gasteiger partial charge is 0.326 e. The number of pyridine rings is 1. The fraction of sp³-hybridized carbons (Fsp3) is 0.581. The standard InChI is InChI=1S/C43H62FN9O19/c44-30-15-10-24(23-48-30)37(64)46-21-4-1-2-8-32(55)49-26(12-17-34(58)59)39(66)51-27(13-18-35(60)61)40(67)50-25(11-16-33(56)57)38(65)47-22-6-9-31(54)45-20-5-3-7-28(41(68)69)52-43(72)53-29(42(70)71)14-19-36(62)63/h10,15,23,25-29H,1-9,11-14,16-22H2,(H,45,54)(H,46,64)(H,47,65)(H,49,55)(H,50,67)(H,51,66)(H,56,57)(H,58,59)(H,60,61)(H,62,63)(H,68,69)(H,70,71)(H2,52,53,72). The van der Waals surface area contributed by atoms with Crippen LogP contribution in [0.2, 0.25) is 0 Å². The number of carboxylic acid groups (broad SMARTS) is 6. The van der Waals surface area contributed by atoms with Gasteiger partial charge in [-0.05, 0) is 76.3 Å². The number of amides is 8. The van der Waals surface area contributed by atoms with Crippen LogP contribution in [-0.4, -0.2) is 163 Å². The molecule has 8 amide bonds. The van der Waals surface area contributed by atoms with Gasteiger partial charge in [-0.1, -0.05) is 6.42 Å². The van der Waals surface area contributed by atoms with Gasteiger partial charge in [-0.15, -0.1) is 0 Å². The van der Waals surface area contributed by atoms with Gasteiger partial charge in [0.05, 0.1) is 5.56 Å². The molecule has 14 N–H and O–H groups in total. The Morgan fingerprint density at radius 1 is 0.431 bits per heavy atom. The zero-order valence-corrected chi connectivity index (χ0v) is 39.1. The van der Waals surface area contributed by atoms with Crippen LogP contribution in [0.1, 0.15) is 120 Å². The number of hydrogen-bond donors (Lipinski definition) is 14. The minimum Gasteiger partial charge on any atom is -0.481 e. The van der Waals surface area contributed by atoms with Gasteiger partial charge in [-0.25, -0.2) is 19.4 Å². The van der Waals surface area contributed by atoms with Gasteiger partial charge in [0.2, 0.25) is 35.5 Å². The predicted octanol–water partition coefficient (Wildman–Crippen LogP) is -1.19. The van der Waals surface area contributed by atoms with Gasteiger partial charge in [0, 0.05) is 64.4 Å². The zero-order chi connectivity index (χ0) is 54.2. The Balaban J connectivity index is 2.75. The lowest BCUT2D eigenvalue weighted by Gasteiger charge is -2.25. The SMILES string of the molecule is O=C(O)CCC(NC(=O)NC(CCCCNC(=O)CCCNC(=O)C(CCC(=O)O)NC(=O)C(CCC(=O)O)NC(=O)C(CCC(=O)O)NC(=O)CCCCCNC(=O)c1ccc(F)nc1)C(=O)O)C(=O)O. The van der Waals surface area contributed by atoms with Crippen molar-refractivity contribution in [2.24, 2.45) is 0 Å². The minimum atomic E-state index is -1.68. The summed E-state index contributed by atoms with van der Waals surface area (Å²) in [6.07, 6.45) is -2.14. The molecule has 1 aromatic heterocycles. The molecule has 72 heavy (non-hydrogen) atoms. The maximum atomic E-state index is 13.5. The summed E-state index contributed by atoms with van der Waals surface area (Å²) in [4.78, 5) is 161. The Hall–Kier alpha value is -8.01. The second-order valence-corrected chi connectivity index (χ2v) is 16.0. The summed E-state index contributed by atoms with van der Waals surface area (Å²) >= 11 is 0. The van der Waals surface area contributed by atoms with E-state index in [4.69, 9.17) is 5.11 Å². The number of halogens is 1. The van der Waals surface area contributed by atoms with Crippen LogP contribution in [-0.2, 0) is 52.7 Å². The third-order valence-corrected chi connectivity index (χ3v) is 10.2. The number of aromatic nitrogens is 1. The van der Waals surface area contributed by atoms with Gasteiger partial charge in [0.25, 0.3) is 5.91 Å². The van der Waals surface area contributed by atoms with E-state index in [0.29, 0.717) is 12.8 Å². The highest BCUT2D eigenvalue weighted by molar-refractivity contribution is 5.95. The molecule has 0 aromatic carbocycles. The molecule has 0 saturated heterocycles. The van der Waals surface area contributed by atoms with Crippen molar-refractivity contribution in [2.45, 2.75) is 139 Å². The molecule has 0 fully saturated rings. The summed E-state index contributed by atoms with van der Waals surface area (Å²) in [5.74, 6) is -13.8. The zero-order valence-electron chi connectivity index (χ0n) is 39.1. The number of rotatable bonds is 38.